The van der Waals surface area contributed by atoms with Crippen molar-refractivity contribution < 1.29 is 4.79 Å². The van der Waals surface area contributed by atoms with Crippen LogP contribution in [0.1, 0.15) is 29.0 Å². The first-order valence-corrected chi connectivity index (χ1v) is 9.08. The van der Waals surface area contributed by atoms with Gasteiger partial charge in [-0.3, -0.25) is 9.59 Å². The molecule has 0 unspecified atom stereocenters. The molecule has 0 saturated heterocycles. The highest BCUT2D eigenvalue weighted by Crippen LogP contribution is 2.24. The van der Waals surface area contributed by atoms with Crippen LogP contribution in [0.5, 0.6) is 0 Å². The number of carbonyl (C=O) groups is 1. The van der Waals surface area contributed by atoms with Crippen LogP contribution in [-0.2, 0) is 0 Å². The van der Waals surface area contributed by atoms with E-state index in [9.17, 15) is 9.59 Å². The van der Waals surface area contributed by atoms with E-state index in [1.54, 1.807) is 12.1 Å². The Bertz CT molecular complexity index is 1190. The van der Waals surface area contributed by atoms with Crippen LogP contribution < -0.4 is 10.9 Å². The molecule has 0 aliphatic heterocycles. The Labute approximate surface area is 162 Å². The number of fused-ring (bicyclic) bond motifs is 1. The summed E-state index contributed by atoms with van der Waals surface area (Å²) in [6.07, 6.45) is 0. The number of hydrogen-bond donors (Lipinski definition) is 1. The summed E-state index contributed by atoms with van der Waals surface area (Å²) in [6, 6.07) is 25.7. The highest BCUT2D eigenvalue weighted by atomic mass is 16.2. The van der Waals surface area contributed by atoms with Crippen molar-refractivity contribution in [2.75, 3.05) is 0 Å². The molecule has 138 valence electrons. The van der Waals surface area contributed by atoms with Gasteiger partial charge in [0.25, 0.3) is 11.5 Å². The lowest BCUT2D eigenvalue weighted by Gasteiger charge is -2.16. The second-order valence-electron chi connectivity index (χ2n) is 6.57. The lowest BCUT2D eigenvalue weighted by molar-refractivity contribution is 0.0933. The molecule has 0 aliphatic carbocycles. The molecule has 5 nitrogen and oxygen atoms in total. The van der Waals surface area contributed by atoms with Crippen LogP contribution in [0, 0.1) is 0 Å². The molecule has 0 saturated carbocycles. The summed E-state index contributed by atoms with van der Waals surface area (Å²) in [5.41, 5.74) is 1.55. The molecule has 28 heavy (non-hydrogen) atoms. The van der Waals surface area contributed by atoms with Gasteiger partial charge in [-0.1, -0.05) is 60.7 Å². The van der Waals surface area contributed by atoms with E-state index in [1.807, 2.05) is 67.6 Å². The average molecular weight is 369 g/mol. The molecule has 1 N–H and O–H groups in total. The number of nitrogens with one attached hydrogen (secondary N) is 1. The van der Waals surface area contributed by atoms with Crippen LogP contribution in [0.4, 0.5) is 0 Å². The van der Waals surface area contributed by atoms with Gasteiger partial charge in [-0.15, -0.1) is 0 Å². The van der Waals surface area contributed by atoms with Crippen LogP contribution in [0.3, 0.4) is 0 Å². The van der Waals surface area contributed by atoms with E-state index < -0.39 is 0 Å². The summed E-state index contributed by atoms with van der Waals surface area (Å²) in [5, 5.41) is 9.45. The SMILES string of the molecule is C[C@@H](NC(=O)c1ccc(=O)n(-c2ccccc2)n1)c1cccc2ccccc12. The fraction of sp³-hybridized carbons (Fsp3) is 0.0870. The quantitative estimate of drug-likeness (QED) is 0.594. The first-order chi connectivity index (χ1) is 13.6. The predicted octanol–water partition coefficient (Wildman–Crippen LogP) is 3.88. The third kappa shape index (κ3) is 3.42. The van der Waals surface area contributed by atoms with Crippen LogP contribution in [-0.4, -0.2) is 15.7 Å². The summed E-state index contributed by atoms with van der Waals surface area (Å²) in [4.78, 5) is 24.9. The van der Waals surface area contributed by atoms with Crippen LogP contribution >= 0.6 is 0 Å². The van der Waals surface area contributed by atoms with Gasteiger partial charge in [0.15, 0.2) is 0 Å². The molecule has 1 aromatic heterocycles. The number of para-hydroxylation sites is 1. The summed E-state index contributed by atoms with van der Waals surface area (Å²) in [5.74, 6) is -0.329. The monoisotopic (exact) mass is 369 g/mol. The normalized spacial score (nSPS) is 11.9. The van der Waals surface area contributed by atoms with Crippen LogP contribution in [0.25, 0.3) is 16.5 Å². The molecule has 0 radical (unpaired) electrons. The third-order valence-electron chi connectivity index (χ3n) is 4.67. The fourth-order valence-corrected chi connectivity index (χ4v) is 3.26. The number of carbonyl (C=O) groups excluding carboxylic acids is 1. The third-order valence-corrected chi connectivity index (χ3v) is 4.67. The van der Waals surface area contributed by atoms with Crippen LogP contribution in [0.15, 0.2) is 89.7 Å². The second kappa shape index (κ2) is 7.48. The Hall–Kier alpha value is -3.73. The Kier molecular flexibility index (Phi) is 4.72. The van der Waals surface area contributed by atoms with Crippen molar-refractivity contribution in [2.45, 2.75) is 13.0 Å². The molecular weight excluding hydrogens is 350 g/mol. The van der Waals surface area contributed by atoms with Crippen molar-refractivity contribution in [3.8, 4) is 5.69 Å². The summed E-state index contributed by atoms with van der Waals surface area (Å²) >= 11 is 0. The average Bonchev–Trinajstić information content (AvgIpc) is 2.74. The first-order valence-electron chi connectivity index (χ1n) is 9.08. The standard InChI is InChI=1S/C23H19N3O2/c1-16(19-13-7-9-17-8-5-6-12-20(17)19)24-23(28)21-14-15-22(27)26(25-21)18-10-3-2-4-11-18/h2-16H,1H3,(H,24,28)/t16-/m1/s1. The zero-order chi connectivity index (χ0) is 19.5. The minimum absolute atomic E-state index is 0.190. The largest absolute Gasteiger partial charge is 0.344 e. The Morgan fingerprint density at radius 1 is 0.893 bits per heavy atom. The van der Waals surface area contributed by atoms with Crippen molar-refractivity contribution in [1.29, 1.82) is 0 Å². The van der Waals surface area contributed by atoms with Gasteiger partial charge in [0.1, 0.15) is 5.69 Å². The zero-order valence-corrected chi connectivity index (χ0v) is 15.4. The highest BCUT2D eigenvalue weighted by Gasteiger charge is 2.16. The van der Waals surface area contributed by atoms with Gasteiger partial charge in [0, 0.05) is 6.07 Å². The second-order valence-corrected chi connectivity index (χ2v) is 6.57. The van der Waals surface area contributed by atoms with Gasteiger partial charge in [0.05, 0.1) is 11.7 Å². The van der Waals surface area contributed by atoms with E-state index in [4.69, 9.17) is 0 Å². The van der Waals surface area contributed by atoms with E-state index >= 15 is 0 Å². The number of nitrogens with zero attached hydrogens (tertiary/aromatic N) is 2. The lowest BCUT2D eigenvalue weighted by atomic mass is 9.99. The smallest absolute Gasteiger partial charge is 0.272 e. The van der Waals surface area contributed by atoms with Crippen molar-refractivity contribution in [2.24, 2.45) is 0 Å². The summed E-state index contributed by atoms with van der Waals surface area (Å²) in [6.45, 7) is 1.94. The topological polar surface area (TPSA) is 64.0 Å². The molecule has 0 bridgehead atoms. The minimum Gasteiger partial charge on any atom is -0.344 e. The molecule has 3 aromatic carbocycles. The van der Waals surface area contributed by atoms with E-state index in [0.717, 1.165) is 16.3 Å². The Morgan fingerprint density at radius 3 is 2.43 bits per heavy atom. The van der Waals surface area contributed by atoms with Gasteiger partial charge in [-0.2, -0.15) is 9.78 Å². The maximum absolute atomic E-state index is 12.8. The summed E-state index contributed by atoms with van der Waals surface area (Å²) in [7, 11) is 0. The first kappa shape index (κ1) is 17.7. The Morgan fingerprint density at radius 2 is 1.61 bits per heavy atom. The van der Waals surface area contributed by atoms with Gasteiger partial charge in [-0.05, 0) is 41.5 Å². The molecule has 1 atom stereocenters. The molecule has 4 aromatic rings. The zero-order valence-electron chi connectivity index (χ0n) is 15.4. The van der Waals surface area contributed by atoms with E-state index in [-0.39, 0.29) is 23.2 Å². The molecule has 1 amide bonds. The summed E-state index contributed by atoms with van der Waals surface area (Å²) < 4.78 is 1.23. The van der Waals surface area contributed by atoms with Gasteiger partial charge >= 0.3 is 0 Å². The molecule has 1 heterocycles. The maximum Gasteiger partial charge on any atom is 0.272 e. The molecule has 0 aliphatic rings. The van der Waals surface area contributed by atoms with E-state index in [0.29, 0.717) is 5.69 Å². The number of amides is 1. The molecule has 5 heteroatoms. The molecule has 4 rings (SSSR count). The predicted molar refractivity (Wildman–Crippen MR) is 110 cm³/mol. The maximum atomic E-state index is 12.8. The van der Waals surface area contributed by atoms with E-state index in [2.05, 4.69) is 10.4 Å². The van der Waals surface area contributed by atoms with Crippen molar-refractivity contribution in [3.05, 3.63) is 107 Å². The molecular formula is C23H19N3O2. The number of aromatic nitrogens is 2. The number of rotatable bonds is 4. The van der Waals surface area contributed by atoms with Gasteiger partial charge < -0.3 is 5.32 Å². The van der Waals surface area contributed by atoms with Crippen LogP contribution in [0.2, 0.25) is 0 Å². The lowest BCUT2D eigenvalue weighted by Crippen LogP contribution is -2.30. The number of hydrogen-bond acceptors (Lipinski definition) is 3. The minimum atomic E-state index is -0.329. The van der Waals surface area contributed by atoms with Crippen molar-refractivity contribution in [1.82, 2.24) is 15.1 Å². The van der Waals surface area contributed by atoms with Crippen molar-refractivity contribution in [3.63, 3.8) is 0 Å². The number of benzene rings is 3. The van der Waals surface area contributed by atoms with E-state index in [1.165, 1.54) is 16.8 Å². The highest BCUT2D eigenvalue weighted by molar-refractivity contribution is 5.93. The molecule has 0 spiro atoms. The van der Waals surface area contributed by atoms with Gasteiger partial charge in [0.2, 0.25) is 0 Å². The van der Waals surface area contributed by atoms with Crippen molar-refractivity contribution >= 4 is 16.7 Å². The fourth-order valence-electron chi connectivity index (χ4n) is 3.26. The molecule has 0 fully saturated rings. The van der Waals surface area contributed by atoms with Gasteiger partial charge in [-0.25, -0.2) is 0 Å². The Balaban J connectivity index is 1.63.